The number of amides is 3. The van der Waals surface area contributed by atoms with Gasteiger partial charge in [0.25, 0.3) is 0 Å². The number of ether oxygens (including phenoxy) is 2. The Labute approximate surface area is 189 Å². The third kappa shape index (κ3) is 10.3. The third-order valence-electron chi connectivity index (χ3n) is 4.71. The maximum absolute atomic E-state index is 12.8. The van der Waals surface area contributed by atoms with Gasteiger partial charge in [0, 0.05) is 6.42 Å². The maximum atomic E-state index is 12.8. The second kappa shape index (κ2) is 12.7. The van der Waals surface area contributed by atoms with E-state index in [-0.39, 0.29) is 25.4 Å². The van der Waals surface area contributed by atoms with Crippen LogP contribution >= 0.6 is 0 Å². The highest BCUT2D eigenvalue weighted by Crippen LogP contribution is 2.12. The van der Waals surface area contributed by atoms with E-state index >= 15 is 0 Å². The average Bonchev–Trinajstić information content (AvgIpc) is 2.71. The van der Waals surface area contributed by atoms with Crippen molar-refractivity contribution in [3.8, 4) is 0 Å². The monoisotopic (exact) mass is 449 g/mol. The molecule has 0 saturated carbocycles. The molecular weight excluding hydrogens is 414 g/mol. The Morgan fingerprint density at radius 1 is 1.06 bits per heavy atom. The molecule has 3 amide bonds. The van der Waals surface area contributed by atoms with Crippen molar-refractivity contribution in [2.45, 2.75) is 78.2 Å². The topological polar surface area (TPSA) is 137 Å². The quantitative estimate of drug-likeness (QED) is 0.444. The average molecular weight is 450 g/mol. The molecule has 0 spiro atoms. The molecule has 0 aromatic heterocycles. The first-order valence-corrected chi connectivity index (χ1v) is 10.7. The molecule has 0 aliphatic heterocycles. The lowest BCUT2D eigenvalue weighted by molar-refractivity contribution is -0.145. The molecule has 0 bridgehead atoms. The van der Waals surface area contributed by atoms with Crippen LogP contribution in [0.5, 0.6) is 0 Å². The molecule has 1 aromatic carbocycles. The highest BCUT2D eigenvalue weighted by Gasteiger charge is 2.31. The zero-order chi connectivity index (χ0) is 24.3. The van der Waals surface area contributed by atoms with Gasteiger partial charge in [-0.3, -0.25) is 14.4 Å². The van der Waals surface area contributed by atoms with Gasteiger partial charge in [-0.15, -0.1) is 0 Å². The summed E-state index contributed by atoms with van der Waals surface area (Å²) in [6.45, 7) is 8.92. The lowest BCUT2D eigenvalue weighted by Gasteiger charge is -2.27. The van der Waals surface area contributed by atoms with Crippen molar-refractivity contribution in [2.75, 3.05) is 0 Å². The highest BCUT2D eigenvalue weighted by molar-refractivity contribution is 5.91. The van der Waals surface area contributed by atoms with E-state index < -0.39 is 41.6 Å². The molecule has 178 valence electrons. The molecule has 3 atom stereocenters. The second-order valence-corrected chi connectivity index (χ2v) is 8.66. The molecule has 0 saturated heterocycles. The number of primary amides is 1. The fourth-order valence-electron chi connectivity index (χ4n) is 2.76. The summed E-state index contributed by atoms with van der Waals surface area (Å²) in [7, 11) is 0. The van der Waals surface area contributed by atoms with E-state index in [2.05, 4.69) is 10.6 Å². The first-order valence-electron chi connectivity index (χ1n) is 10.7. The summed E-state index contributed by atoms with van der Waals surface area (Å²) in [4.78, 5) is 48.8. The van der Waals surface area contributed by atoms with Gasteiger partial charge in [0.15, 0.2) is 0 Å². The normalized spacial score (nSPS) is 13.9. The summed E-state index contributed by atoms with van der Waals surface area (Å²) in [5.74, 6) is -2.10. The van der Waals surface area contributed by atoms with Crippen LogP contribution in [0.25, 0.3) is 0 Å². The van der Waals surface area contributed by atoms with Crippen molar-refractivity contribution in [3.05, 3.63) is 35.9 Å². The van der Waals surface area contributed by atoms with Crippen LogP contribution in [0.15, 0.2) is 30.3 Å². The molecule has 0 aliphatic carbocycles. The molecule has 0 radical (unpaired) electrons. The van der Waals surface area contributed by atoms with Crippen LogP contribution in [0, 0.1) is 5.92 Å². The van der Waals surface area contributed by atoms with E-state index in [4.69, 9.17) is 15.2 Å². The fraction of sp³-hybridized carbons (Fsp3) is 0.565. The maximum Gasteiger partial charge on any atom is 0.408 e. The summed E-state index contributed by atoms with van der Waals surface area (Å²) in [6.07, 6.45) is -0.262. The largest absolute Gasteiger partial charge is 0.461 e. The number of esters is 1. The number of nitrogens with one attached hydrogen (secondary N) is 2. The number of carbonyl (C=O) groups is 4. The molecule has 32 heavy (non-hydrogen) atoms. The number of carbonyl (C=O) groups excluding carboxylic acids is 4. The van der Waals surface area contributed by atoms with Crippen LogP contribution in [0.1, 0.15) is 59.4 Å². The number of hydrogen-bond acceptors (Lipinski definition) is 6. The number of hydrogen-bond donors (Lipinski definition) is 3. The summed E-state index contributed by atoms with van der Waals surface area (Å²) < 4.78 is 10.4. The zero-order valence-electron chi connectivity index (χ0n) is 19.5. The molecule has 0 unspecified atom stereocenters. The minimum absolute atomic E-state index is 0.0195. The summed E-state index contributed by atoms with van der Waals surface area (Å²) in [5, 5.41) is 5.09. The molecule has 1 aromatic rings. The van der Waals surface area contributed by atoms with Crippen LogP contribution in [0.3, 0.4) is 0 Å². The molecular formula is C23H35N3O6. The van der Waals surface area contributed by atoms with Crippen LogP contribution in [-0.4, -0.2) is 41.6 Å². The Kier molecular flexibility index (Phi) is 10.7. The second-order valence-electron chi connectivity index (χ2n) is 8.66. The van der Waals surface area contributed by atoms with E-state index in [9.17, 15) is 19.2 Å². The molecule has 0 heterocycles. The van der Waals surface area contributed by atoms with Crippen molar-refractivity contribution in [2.24, 2.45) is 11.7 Å². The van der Waals surface area contributed by atoms with Gasteiger partial charge in [-0.05, 0) is 38.7 Å². The Morgan fingerprint density at radius 2 is 1.69 bits per heavy atom. The summed E-state index contributed by atoms with van der Waals surface area (Å²) in [6, 6.07) is 7.16. The van der Waals surface area contributed by atoms with Gasteiger partial charge in [-0.25, -0.2) is 4.79 Å². The van der Waals surface area contributed by atoms with Crippen molar-refractivity contribution in [1.82, 2.24) is 10.6 Å². The standard InChI is InChI=1S/C23H35N3O6/c1-6-15(2)19(26-22(30)32-23(3,4)5)21(29)25-17(20(24)28)12-13-18(27)31-14-16-10-8-7-9-11-16/h7-11,15,17,19H,6,12-14H2,1-5H3,(H2,24,28)(H,25,29)(H,26,30)/t15-,17+,19-/m0/s1. The van der Waals surface area contributed by atoms with Crippen LogP contribution in [0.4, 0.5) is 4.79 Å². The molecule has 9 nitrogen and oxygen atoms in total. The Balaban J connectivity index is 2.67. The third-order valence-corrected chi connectivity index (χ3v) is 4.71. The lowest BCUT2D eigenvalue weighted by Crippen LogP contribution is -2.55. The first-order chi connectivity index (χ1) is 14.9. The van der Waals surface area contributed by atoms with E-state index in [0.29, 0.717) is 6.42 Å². The molecule has 0 aliphatic rings. The van der Waals surface area contributed by atoms with Crippen LogP contribution in [0.2, 0.25) is 0 Å². The minimum Gasteiger partial charge on any atom is -0.461 e. The number of benzene rings is 1. The van der Waals surface area contributed by atoms with E-state index in [1.165, 1.54) is 0 Å². The van der Waals surface area contributed by atoms with Crippen molar-refractivity contribution < 1.29 is 28.7 Å². The van der Waals surface area contributed by atoms with Gasteiger partial charge < -0.3 is 25.8 Å². The predicted octanol–water partition coefficient (Wildman–Crippen LogP) is 2.42. The first kappa shape index (κ1) is 26.9. The summed E-state index contributed by atoms with van der Waals surface area (Å²) in [5.41, 5.74) is 5.52. The van der Waals surface area contributed by atoms with E-state index in [1.807, 2.05) is 37.3 Å². The SMILES string of the molecule is CC[C@H](C)[C@H](NC(=O)OC(C)(C)C)C(=O)N[C@H](CCC(=O)OCc1ccccc1)C(N)=O. The van der Waals surface area contributed by atoms with E-state index in [0.717, 1.165) is 5.56 Å². The smallest absolute Gasteiger partial charge is 0.408 e. The Morgan fingerprint density at radius 3 is 2.22 bits per heavy atom. The lowest BCUT2D eigenvalue weighted by atomic mass is 9.98. The van der Waals surface area contributed by atoms with Crippen molar-refractivity contribution in [3.63, 3.8) is 0 Å². The van der Waals surface area contributed by atoms with Gasteiger partial charge in [-0.2, -0.15) is 0 Å². The predicted molar refractivity (Wildman–Crippen MR) is 119 cm³/mol. The molecule has 0 fully saturated rings. The van der Waals surface area contributed by atoms with Gasteiger partial charge in [-0.1, -0.05) is 50.6 Å². The van der Waals surface area contributed by atoms with Gasteiger partial charge in [0.1, 0.15) is 24.3 Å². The zero-order valence-corrected chi connectivity index (χ0v) is 19.5. The van der Waals surface area contributed by atoms with Gasteiger partial charge in [0.2, 0.25) is 11.8 Å². The fourth-order valence-corrected chi connectivity index (χ4v) is 2.76. The van der Waals surface area contributed by atoms with Gasteiger partial charge in [0.05, 0.1) is 0 Å². The number of alkyl carbamates (subject to hydrolysis) is 1. The van der Waals surface area contributed by atoms with Crippen LogP contribution in [-0.2, 0) is 30.5 Å². The Hall–Kier alpha value is -3.10. The van der Waals surface area contributed by atoms with Gasteiger partial charge >= 0.3 is 12.1 Å². The molecule has 4 N–H and O–H groups in total. The van der Waals surface area contributed by atoms with E-state index in [1.54, 1.807) is 27.7 Å². The molecule has 9 heteroatoms. The van der Waals surface area contributed by atoms with Crippen molar-refractivity contribution >= 4 is 23.9 Å². The Bertz CT molecular complexity index is 776. The molecule has 1 rings (SSSR count). The summed E-state index contributed by atoms with van der Waals surface area (Å²) >= 11 is 0. The minimum atomic E-state index is -1.08. The number of rotatable bonds is 11. The van der Waals surface area contributed by atoms with Crippen molar-refractivity contribution in [1.29, 1.82) is 0 Å². The number of nitrogens with two attached hydrogens (primary N) is 1. The van der Waals surface area contributed by atoms with Crippen LogP contribution < -0.4 is 16.4 Å². The highest BCUT2D eigenvalue weighted by atomic mass is 16.6.